The Kier molecular flexibility index (Phi) is 3.47. The van der Waals surface area contributed by atoms with E-state index in [4.69, 9.17) is 0 Å². The van der Waals surface area contributed by atoms with Crippen molar-refractivity contribution in [2.45, 2.75) is 45.6 Å². The molecule has 1 aliphatic rings. The first-order chi connectivity index (χ1) is 7.22. The summed E-state index contributed by atoms with van der Waals surface area (Å²) in [6, 6.07) is 5.20. The third-order valence-corrected chi connectivity index (χ3v) is 4.39. The van der Waals surface area contributed by atoms with E-state index in [1.165, 1.54) is 25.7 Å². The average molecular weight is 223 g/mol. The lowest BCUT2D eigenvalue weighted by Crippen LogP contribution is -2.27. The Balaban J connectivity index is 1.92. The average Bonchev–Trinajstić information content (AvgIpc) is 2.78. The summed E-state index contributed by atoms with van der Waals surface area (Å²) in [4.78, 5) is 1.55. The van der Waals surface area contributed by atoms with Gasteiger partial charge < -0.3 is 5.32 Å². The molecule has 1 aliphatic carbocycles. The van der Waals surface area contributed by atoms with Gasteiger partial charge in [0.1, 0.15) is 0 Å². The van der Waals surface area contributed by atoms with E-state index in [0.29, 0.717) is 5.41 Å². The van der Waals surface area contributed by atoms with Crippen LogP contribution in [0.4, 0.5) is 0 Å². The lowest BCUT2D eigenvalue weighted by molar-refractivity contribution is 0.325. The highest BCUT2D eigenvalue weighted by molar-refractivity contribution is 7.09. The van der Waals surface area contributed by atoms with Crippen molar-refractivity contribution in [3.05, 3.63) is 22.4 Å². The molecule has 1 aromatic rings. The summed E-state index contributed by atoms with van der Waals surface area (Å²) in [5, 5.41) is 5.77. The lowest BCUT2D eigenvalue weighted by Gasteiger charge is -2.23. The molecule has 1 heterocycles. The van der Waals surface area contributed by atoms with Gasteiger partial charge in [-0.15, -0.1) is 11.3 Å². The molecule has 1 saturated carbocycles. The van der Waals surface area contributed by atoms with Crippen molar-refractivity contribution in [3.8, 4) is 0 Å². The minimum Gasteiger partial charge on any atom is -0.314 e. The fourth-order valence-electron chi connectivity index (χ4n) is 2.78. The predicted molar refractivity (Wildman–Crippen MR) is 67.4 cm³/mol. The number of hydrogen-bond donors (Lipinski definition) is 1. The van der Waals surface area contributed by atoms with Gasteiger partial charge in [0.15, 0.2) is 0 Å². The molecule has 1 N–H and O–H groups in total. The molecular formula is C13H21NS. The van der Waals surface area contributed by atoms with Gasteiger partial charge >= 0.3 is 0 Å². The molecule has 0 bridgehead atoms. The van der Waals surface area contributed by atoms with E-state index in [1.807, 2.05) is 11.3 Å². The first-order valence-electron chi connectivity index (χ1n) is 5.98. The summed E-state index contributed by atoms with van der Waals surface area (Å²) in [7, 11) is 0. The summed E-state index contributed by atoms with van der Waals surface area (Å²) in [5.41, 5.74) is 0.539. The first kappa shape index (κ1) is 11.2. The molecule has 2 rings (SSSR count). The normalized spacial score (nSPS) is 30.9. The van der Waals surface area contributed by atoms with E-state index in [2.05, 4.69) is 36.7 Å². The maximum absolute atomic E-state index is 3.58. The Bertz CT molecular complexity index is 293. The van der Waals surface area contributed by atoms with Gasteiger partial charge in [-0.1, -0.05) is 19.9 Å². The third-order valence-electron chi connectivity index (χ3n) is 3.51. The molecule has 2 atom stereocenters. The predicted octanol–water partition coefficient (Wildman–Crippen LogP) is 3.46. The Labute approximate surface area is 96.9 Å². The van der Waals surface area contributed by atoms with Crippen LogP contribution in [0.1, 0.15) is 38.0 Å². The molecule has 1 nitrogen and oxygen atoms in total. The molecule has 84 valence electrons. The summed E-state index contributed by atoms with van der Waals surface area (Å²) in [6.07, 6.45) is 5.35. The lowest BCUT2D eigenvalue weighted by atomic mass is 9.84. The van der Waals surface area contributed by atoms with Crippen LogP contribution >= 0.6 is 11.3 Å². The van der Waals surface area contributed by atoms with E-state index in [-0.39, 0.29) is 0 Å². The Hall–Kier alpha value is -0.340. The fraction of sp³-hybridized carbons (Fsp3) is 0.692. The monoisotopic (exact) mass is 223 g/mol. The minimum absolute atomic E-state index is 0.539. The van der Waals surface area contributed by atoms with E-state index in [1.54, 1.807) is 4.88 Å². The van der Waals surface area contributed by atoms with Gasteiger partial charge in [-0.25, -0.2) is 0 Å². The number of nitrogens with one attached hydrogen (secondary N) is 1. The quantitative estimate of drug-likeness (QED) is 0.824. The van der Waals surface area contributed by atoms with E-state index in [0.717, 1.165) is 12.6 Å². The van der Waals surface area contributed by atoms with Crippen molar-refractivity contribution in [1.29, 1.82) is 0 Å². The van der Waals surface area contributed by atoms with Crippen molar-refractivity contribution in [3.63, 3.8) is 0 Å². The fourth-order valence-corrected chi connectivity index (χ4v) is 3.70. The Morgan fingerprint density at radius 3 is 3.13 bits per heavy atom. The second kappa shape index (κ2) is 4.67. The molecule has 0 radical (unpaired) electrons. The zero-order valence-corrected chi connectivity index (χ0v) is 10.6. The molecule has 2 unspecified atom stereocenters. The highest BCUT2D eigenvalue weighted by Crippen LogP contribution is 2.41. The summed E-state index contributed by atoms with van der Waals surface area (Å²) in [6.45, 7) is 5.76. The SMILES string of the molecule is CCNC1CCC(C)(Cc2cccs2)C1. The number of thiophene rings is 1. The Morgan fingerprint density at radius 1 is 1.60 bits per heavy atom. The van der Waals surface area contributed by atoms with E-state index < -0.39 is 0 Å². The number of hydrogen-bond acceptors (Lipinski definition) is 2. The molecule has 15 heavy (non-hydrogen) atoms. The van der Waals surface area contributed by atoms with Gasteiger partial charge in [-0.2, -0.15) is 0 Å². The van der Waals surface area contributed by atoms with Crippen LogP contribution in [-0.4, -0.2) is 12.6 Å². The van der Waals surface area contributed by atoms with Crippen LogP contribution in [0.15, 0.2) is 17.5 Å². The summed E-state index contributed by atoms with van der Waals surface area (Å²) in [5.74, 6) is 0. The van der Waals surface area contributed by atoms with Gasteiger partial charge in [0.2, 0.25) is 0 Å². The zero-order valence-electron chi connectivity index (χ0n) is 9.75. The molecule has 0 amide bonds. The van der Waals surface area contributed by atoms with Crippen LogP contribution < -0.4 is 5.32 Å². The van der Waals surface area contributed by atoms with Crippen molar-refractivity contribution in [2.24, 2.45) is 5.41 Å². The van der Waals surface area contributed by atoms with E-state index >= 15 is 0 Å². The minimum atomic E-state index is 0.539. The molecule has 1 fully saturated rings. The van der Waals surface area contributed by atoms with Crippen molar-refractivity contribution in [1.82, 2.24) is 5.32 Å². The maximum atomic E-state index is 3.58. The smallest absolute Gasteiger partial charge is 0.00724 e. The van der Waals surface area contributed by atoms with Crippen LogP contribution in [-0.2, 0) is 6.42 Å². The molecular weight excluding hydrogens is 202 g/mol. The first-order valence-corrected chi connectivity index (χ1v) is 6.85. The van der Waals surface area contributed by atoms with Gasteiger partial charge in [-0.05, 0) is 49.1 Å². The molecule has 0 saturated heterocycles. The van der Waals surface area contributed by atoms with Crippen LogP contribution in [0, 0.1) is 5.41 Å². The molecule has 0 aliphatic heterocycles. The summed E-state index contributed by atoms with van der Waals surface area (Å²) >= 11 is 1.90. The van der Waals surface area contributed by atoms with Gasteiger partial charge in [0, 0.05) is 10.9 Å². The van der Waals surface area contributed by atoms with Crippen molar-refractivity contribution < 1.29 is 0 Å². The highest BCUT2D eigenvalue weighted by Gasteiger charge is 2.34. The largest absolute Gasteiger partial charge is 0.314 e. The Morgan fingerprint density at radius 2 is 2.47 bits per heavy atom. The van der Waals surface area contributed by atoms with Gasteiger partial charge in [-0.3, -0.25) is 0 Å². The van der Waals surface area contributed by atoms with Crippen molar-refractivity contribution in [2.75, 3.05) is 6.54 Å². The third kappa shape index (κ3) is 2.82. The molecule has 0 spiro atoms. The summed E-state index contributed by atoms with van der Waals surface area (Å²) < 4.78 is 0. The van der Waals surface area contributed by atoms with Crippen LogP contribution in [0.5, 0.6) is 0 Å². The molecule has 1 aromatic heterocycles. The maximum Gasteiger partial charge on any atom is 0.00724 e. The van der Waals surface area contributed by atoms with Gasteiger partial charge in [0.05, 0.1) is 0 Å². The van der Waals surface area contributed by atoms with Crippen molar-refractivity contribution >= 4 is 11.3 Å². The molecule has 2 heteroatoms. The standard InChI is InChI=1S/C13H21NS/c1-3-14-11-6-7-13(2,9-11)10-12-5-4-8-15-12/h4-5,8,11,14H,3,6-7,9-10H2,1-2H3. The number of rotatable bonds is 4. The second-order valence-corrected chi connectivity index (χ2v) is 6.10. The van der Waals surface area contributed by atoms with Crippen LogP contribution in [0.2, 0.25) is 0 Å². The van der Waals surface area contributed by atoms with E-state index in [9.17, 15) is 0 Å². The highest BCUT2D eigenvalue weighted by atomic mass is 32.1. The van der Waals surface area contributed by atoms with Crippen LogP contribution in [0.25, 0.3) is 0 Å². The second-order valence-electron chi connectivity index (χ2n) is 5.06. The van der Waals surface area contributed by atoms with Gasteiger partial charge in [0.25, 0.3) is 0 Å². The zero-order chi connectivity index (χ0) is 10.7. The van der Waals surface area contributed by atoms with Crippen LogP contribution in [0.3, 0.4) is 0 Å². The molecule has 0 aromatic carbocycles. The topological polar surface area (TPSA) is 12.0 Å².